The minimum atomic E-state index is -3.20. The minimum Gasteiger partial charge on any atom is -0.356 e. The number of aryl methyl sites for hydroxylation is 1. The maximum atomic E-state index is 13.3. The Bertz CT molecular complexity index is 1010. The van der Waals surface area contributed by atoms with Gasteiger partial charge in [0.25, 0.3) is 0 Å². The van der Waals surface area contributed by atoms with Gasteiger partial charge >= 0.3 is 0 Å². The quantitative estimate of drug-likeness (QED) is 0.720. The lowest BCUT2D eigenvalue weighted by atomic mass is 10.00. The average molecular weight is 355 g/mol. The summed E-state index contributed by atoms with van der Waals surface area (Å²) in [5.74, 6) is -0.249. The lowest BCUT2D eigenvalue weighted by Gasteiger charge is -2.11. The van der Waals surface area contributed by atoms with Crippen molar-refractivity contribution in [3.8, 4) is 11.1 Å². The van der Waals surface area contributed by atoms with Crippen molar-refractivity contribution in [3.05, 3.63) is 78.1 Å². The highest BCUT2D eigenvalue weighted by molar-refractivity contribution is 7.90. The van der Waals surface area contributed by atoms with Gasteiger partial charge in [-0.25, -0.2) is 12.8 Å². The lowest BCUT2D eigenvalue weighted by molar-refractivity contribution is 0.602. The molecule has 0 aliphatic heterocycles. The summed E-state index contributed by atoms with van der Waals surface area (Å²) in [4.78, 5) is 0.286. The molecule has 3 aromatic carbocycles. The smallest absolute Gasteiger partial charge is 0.175 e. The Morgan fingerprint density at radius 3 is 2.24 bits per heavy atom. The molecule has 0 heterocycles. The molecule has 0 atom stereocenters. The number of nitrogens with one attached hydrogen (secondary N) is 1. The van der Waals surface area contributed by atoms with Crippen LogP contribution in [-0.4, -0.2) is 14.7 Å². The minimum absolute atomic E-state index is 0.249. The van der Waals surface area contributed by atoms with E-state index in [0.29, 0.717) is 0 Å². The van der Waals surface area contributed by atoms with Gasteiger partial charge in [0, 0.05) is 17.6 Å². The Morgan fingerprint density at radius 2 is 1.60 bits per heavy atom. The highest BCUT2D eigenvalue weighted by Crippen LogP contribution is 2.28. The monoisotopic (exact) mass is 355 g/mol. The third-order valence-electron chi connectivity index (χ3n) is 3.93. The van der Waals surface area contributed by atoms with Crippen LogP contribution in [0.3, 0.4) is 0 Å². The van der Waals surface area contributed by atoms with Crippen LogP contribution in [0.25, 0.3) is 11.1 Å². The molecule has 3 nitrogen and oxygen atoms in total. The standard InChI is InChI=1S/C20H18FNO2S/c1-14-12-16(21)6-11-20(14)15-4-3-5-18(13-15)22-17-7-9-19(10-8-17)25(2,23)24/h3-13,22H,1-2H3. The number of benzene rings is 3. The van der Waals surface area contributed by atoms with E-state index in [2.05, 4.69) is 5.32 Å². The SMILES string of the molecule is Cc1cc(F)ccc1-c1cccc(Nc2ccc(S(C)(=O)=O)cc2)c1. The molecule has 0 fully saturated rings. The van der Waals surface area contributed by atoms with E-state index < -0.39 is 9.84 Å². The van der Waals surface area contributed by atoms with Crippen molar-refractivity contribution in [2.24, 2.45) is 0 Å². The van der Waals surface area contributed by atoms with Crippen LogP contribution in [0.4, 0.5) is 15.8 Å². The number of rotatable bonds is 4. The van der Waals surface area contributed by atoms with Crippen molar-refractivity contribution in [3.63, 3.8) is 0 Å². The first kappa shape index (κ1) is 17.2. The summed E-state index contributed by atoms with van der Waals surface area (Å²) < 4.78 is 36.3. The van der Waals surface area contributed by atoms with E-state index in [4.69, 9.17) is 0 Å². The summed E-state index contributed by atoms with van der Waals surface area (Å²) in [6, 6.07) is 19.1. The molecule has 0 saturated carbocycles. The molecule has 0 saturated heterocycles. The van der Waals surface area contributed by atoms with E-state index in [9.17, 15) is 12.8 Å². The first-order valence-electron chi connectivity index (χ1n) is 7.77. The molecule has 0 unspecified atom stereocenters. The van der Waals surface area contributed by atoms with Crippen LogP contribution in [-0.2, 0) is 9.84 Å². The summed E-state index contributed by atoms with van der Waals surface area (Å²) in [6.45, 7) is 1.88. The topological polar surface area (TPSA) is 46.2 Å². The molecule has 128 valence electrons. The molecular weight excluding hydrogens is 337 g/mol. The van der Waals surface area contributed by atoms with Crippen molar-refractivity contribution in [2.75, 3.05) is 11.6 Å². The van der Waals surface area contributed by atoms with Crippen LogP contribution in [0, 0.1) is 12.7 Å². The second-order valence-electron chi connectivity index (χ2n) is 5.96. The molecular formula is C20H18FNO2S. The van der Waals surface area contributed by atoms with Crippen LogP contribution in [0.2, 0.25) is 0 Å². The van der Waals surface area contributed by atoms with Crippen LogP contribution in [0.1, 0.15) is 5.56 Å². The summed E-state index contributed by atoms with van der Waals surface area (Å²) >= 11 is 0. The fraction of sp³-hybridized carbons (Fsp3) is 0.100. The largest absolute Gasteiger partial charge is 0.356 e. The number of anilines is 2. The van der Waals surface area contributed by atoms with Gasteiger partial charge in [-0.05, 0) is 72.1 Å². The number of sulfone groups is 1. The molecule has 3 aromatic rings. The van der Waals surface area contributed by atoms with Crippen molar-refractivity contribution in [1.29, 1.82) is 0 Å². The van der Waals surface area contributed by atoms with Gasteiger partial charge in [0.2, 0.25) is 0 Å². The second kappa shape index (κ2) is 6.69. The molecule has 0 aromatic heterocycles. The Labute approximate surface area is 147 Å². The van der Waals surface area contributed by atoms with Crippen LogP contribution < -0.4 is 5.32 Å². The Hall–Kier alpha value is -2.66. The van der Waals surface area contributed by atoms with Crippen LogP contribution in [0.5, 0.6) is 0 Å². The number of hydrogen-bond acceptors (Lipinski definition) is 3. The summed E-state index contributed by atoms with van der Waals surface area (Å²) in [7, 11) is -3.20. The highest BCUT2D eigenvalue weighted by atomic mass is 32.2. The van der Waals surface area contributed by atoms with Crippen molar-refractivity contribution in [2.45, 2.75) is 11.8 Å². The summed E-state index contributed by atoms with van der Waals surface area (Å²) in [5.41, 5.74) is 4.48. The zero-order valence-corrected chi connectivity index (χ0v) is 14.8. The molecule has 0 bridgehead atoms. The van der Waals surface area contributed by atoms with Crippen molar-refractivity contribution in [1.82, 2.24) is 0 Å². The van der Waals surface area contributed by atoms with E-state index in [1.165, 1.54) is 18.4 Å². The predicted molar refractivity (Wildman–Crippen MR) is 99.4 cm³/mol. The molecule has 5 heteroatoms. The molecule has 0 aliphatic carbocycles. The first-order valence-corrected chi connectivity index (χ1v) is 9.66. The Balaban J connectivity index is 1.87. The van der Waals surface area contributed by atoms with Gasteiger partial charge in [0.05, 0.1) is 4.90 Å². The lowest BCUT2D eigenvalue weighted by Crippen LogP contribution is -1.97. The molecule has 0 spiro atoms. The molecule has 0 amide bonds. The number of hydrogen-bond donors (Lipinski definition) is 1. The third-order valence-corrected chi connectivity index (χ3v) is 5.06. The average Bonchev–Trinajstić information content (AvgIpc) is 2.55. The van der Waals surface area contributed by atoms with E-state index in [1.54, 1.807) is 30.3 Å². The molecule has 1 N–H and O–H groups in total. The van der Waals surface area contributed by atoms with Crippen molar-refractivity contribution < 1.29 is 12.8 Å². The summed E-state index contributed by atoms with van der Waals surface area (Å²) in [6.07, 6.45) is 1.18. The fourth-order valence-corrected chi connectivity index (χ4v) is 3.30. The molecule has 0 radical (unpaired) electrons. The van der Waals surface area contributed by atoms with Crippen LogP contribution in [0.15, 0.2) is 71.6 Å². The van der Waals surface area contributed by atoms with Gasteiger partial charge in [0.15, 0.2) is 9.84 Å². The maximum Gasteiger partial charge on any atom is 0.175 e. The second-order valence-corrected chi connectivity index (χ2v) is 7.98. The van der Waals surface area contributed by atoms with Crippen LogP contribution >= 0.6 is 0 Å². The molecule has 0 aliphatic rings. The van der Waals surface area contributed by atoms with E-state index >= 15 is 0 Å². The predicted octanol–water partition coefficient (Wildman–Crippen LogP) is 4.95. The van der Waals surface area contributed by atoms with Crippen molar-refractivity contribution >= 4 is 21.2 Å². The van der Waals surface area contributed by atoms with E-state index in [-0.39, 0.29) is 10.7 Å². The Kier molecular flexibility index (Phi) is 4.59. The highest BCUT2D eigenvalue weighted by Gasteiger charge is 2.07. The normalized spacial score (nSPS) is 11.3. The first-order chi connectivity index (χ1) is 11.8. The summed E-state index contributed by atoms with van der Waals surface area (Å²) in [5, 5.41) is 3.25. The van der Waals surface area contributed by atoms with Gasteiger partial charge < -0.3 is 5.32 Å². The third kappa shape index (κ3) is 4.06. The fourth-order valence-electron chi connectivity index (χ4n) is 2.67. The molecule has 25 heavy (non-hydrogen) atoms. The van der Waals surface area contributed by atoms with Gasteiger partial charge in [-0.1, -0.05) is 18.2 Å². The van der Waals surface area contributed by atoms with E-state index in [0.717, 1.165) is 28.1 Å². The molecule has 3 rings (SSSR count). The zero-order chi connectivity index (χ0) is 18.0. The van der Waals surface area contributed by atoms with Gasteiger partial charge in [-0.15, -0.1) is 0 Å². The van der Waals surface area contributed by atoms with Gasteiger partial charge in [-0.2, -0.15) is 0 Å². The zero-order valence-electron chi connectivity index (χ0n) is 14.0. The van der Waals surface area contributed by atoms with Gasteiger partial charge in [0.1, 0.15) is 5.82 Å². The Morgan fingerprint density at radius 1 is 0.880 bits per heavy atom. The van der Waals surface area contributed by atoms with E-state index in [1.807, 2.05) is 31.2 Å². The maximum absolute atomic E-state index is 13.3. The van der Waals surface area contributed by atoms with Gasteiger partial charge in [-0.3, -0.25) is 0 Å². The number of halogens is 1.